The fraction of sp³-hybridized carbons (Fsp3) is 0.231. The smallest absolute Gasteiger partial charge is 0.221 e. The Morgan fingerprint density at radius 3 is 2.94 bits per heavy atom. The van der Waals surface area contributed by atoms with E-state index in [1.54, 1.807) is 6.20 Å². The summed E-state index contributed by atoms with van der Waals surface area (Å²) in [5, 5.41) is 0. The largest absolute Gasteiger partial charge is 0.368 e. The number of nitrogen functional groups attached to an aromatic ring is 1. The summed E-state index contributed by atoms with van der Waals surface area (Å²) >= 11 is 0. The number of benzene rings is 1. The lowest BCUT2D eigenvalue weighted by atomic mass is 10.0. The van der Waals surface area contributed by atoms with Gasteiger partial charge in [0.15, 0.2) is 0 Å². The molecule has 0 amide bonds. The number of aryl methyl sites for hydroxylation is 1. The monoisotopic (exact) mass is 226 g/mol. The van der Waals surface area contributed by atoms with Crippen LogP contribution < -0.4 is 10.6 Å². The predicted molar refractivity (Wildman–Crippen MR) is 68.2 cm³/mol. The third kappa shape index (κ3) is 1.82. The van der Waals surface area contributed by atoms with Gasteiger partial charge in [0.1, 0.15) is 5.82 Å². The van der Waals surface area contributed by atoms with Gasteiger partial charge in [0.05, 0.1) is 0 Å². The van der Waals surface area contributed by atoms with Crippen molar-refractivity contribution in [1.82, 2.24) is 9.97 Å². The average Bonchev–Trinajstić information content (AvgIpc) is 2.38. The van der Waals surface area contributed by atoms with Crippen molar-refractivity contribution >= 4 is 17.5 Å². The first-order chi connectivity index (χ1) is 8.34. The maximum absolute atomic E-state index is 5.64. The molecular formula is C13H14N4. The molecular weight excluding hydrogens is 212 g/mol. The minimum absolute atomic E-state index is 0.325. The normalized spacial score (nSPS) is 14.5. The quantitative estimate of drug-likeness (QED) is 0.809. The van der Waals surface area contributed by atoms with Crippen LogP contribution in [-0.4, -0.2) is 16.5 Å². The van der Waals surface area contributed by atoms with Crippen molar-refractivity contribution < 1.29 is 0 Å². The predicted octanol–water partition coefficient (Wildman–Crippen LogP) is 2.14. The summed E-state index contributed by atoms with van der Waals surface area (Å²) in [4.78, 5) is 10.4. The standard InChI is InChI=1S/C13H14N4/c14-13-15-8-7-12(16-13)17-9-3-5-10-4-1-2-6-11(10)17/h1-2,4,6-8H,3,5,9H2,(H2,14,15,16). The summed E-state index contributed by atoms with van der Waals surface area (Å²) < 4.78 is 0. The fourth-order valence-electron chi connectivity index (χ4n) is 2.29. The van der Waals surface area contributed by atoms with Crippen molar-refractivity contribution in [3.8, 4) is 0 Å². The Morgan fingerprint density at radius 1 is 1.18 bits per heavy atom. The minimum atomic E-state index is 0.325. The summed E-state index contributed by atoms with van der Waals surface area (Å²) in [6, 6.07) is 10.3. The van der Waals surface area contributed by atoms with Gasteiger partial charge in [0.25, 0.3) is 0 Å². The Hall–Kier alpha value is -2.10. The second-order valence-electron chi connectivity index (χ2n) is 4.16. The van der Waals surface area contributed by atoms with Gasteiger partial charge >= 0.3 is 0 Å². The number of para-hydroxylation sites is 1. The topological polar surface area (TPSA) is 55.0 Å². The van der Waals surface area contributed by atoms with E-state index in [-0.39, 0.29) is 0 Å². The molecule has 0 fully saturated rings. The molecule has 2 N–H and O–H groups in total. The van der Waals surface area contributed by atoms with Gasteiger partial charge in [-0.25, -0.2) is 4.98 Å². The average molecular weight is 226 g/mol. The number of anilines is 3. The Bertz CT molecular complexity index is 538. The van der Waals surface area contributed by atoms with Crippen LogP contribution >= 0.6 is 0 Å². The van der Waals surface area contributed by atoms with Gasteiger partial charge in [-0.3, -0.25) is 0 Å². The highest BCUT2D eigenvalue weighted by atomic mass is 15.2. The Balaban J connectivity index is 2.06. The molecule has 1 aromatic heterocycles. The molecule has 1 aromatic carbocycles. The van der Waals surface area contributed by atoms with Crippen molar-refractivity contribution in [2.24, 2.45) is 0 Å². The third-order valence-corrected chi connectivity index (χ3v) is 3.05. The molecule has 0 saturated heterocycles. The molecule has 0 saturated carbocycles. The van der Waals surface area contributed by atoms with Crippen molar-refractivity contribution in [2.75, 3.05) is 17.2 Å². The van der Waals surface area contributed by atoms with E-state index in [0.717, 1.165) is 25.2 Å². The van der Waals surface area contributed by atoms with E-state index in [1.807, 2.05) is 6.07 Å². The number of hydrogen-bond acceptors (Lipinski definition) is 4. The molecule has 0 bridgehead atoms. The molecule has 0 spiro atoms. The molecule has 4 nitrogen and oxygen atoms in total. The lowest BCUT2D eigenvalue weighted by Gasteiger charge is -2.30. The number of rotatable bonds is 1. The van der Waals surface area contributed by atoms with Crippen LogP contribution in [0.1, 0.15) is 12.0 Å². The van der Waals surface area contributed by atoms with Crippen LogP contribution in [0.15, 0.2) is 36.5 Å². The molecule has 3 rings (SSSR count). The molecule has 2 heterocycles. The van der Waals surface area contributed by atoms with E-state index in [2.05, 4.69) is 39.1 Å². The molecule has 2 aromatic rings. The number of nitrogens with zero attached hydrogens (tertiary/aromatic N) is 3. The van der Waals surface area contributed by atoms with Crippen LogP contribution in [-0.2, 0) is 6.42 Å². The lowest BCUT2D eigenvalue weighted by Crippen LogP contribution is -2.25. The van der Waals surface area contributed by atoms with Crippen LogP contribution in [0.2, 0.25) is 0 Å². The number of aromatic nitrogens is 2. The third-order valence-electron chi connectivity index (χ3n) is 3.05. The van der Waals surface area contributed by atoms with E-state index in [4.69, 9.17) is 5.73 Å². The van der Waals surface area contributed by atoms with Gasteiger partial charge in [-0.1, -0.05) is 18.2 Å². The first kappa shape index (κ1) is 10.1. The minimum Gasteiger partial charge on any atom is -0.368 e. The van der Waals surface area contributed by atoms with Gasteiger partial charge in [-0.2, -0.15) is 4.98 Å². The summed E-state index contributed by atoms with van der Waals surface area (Å²) in [6.45, 7) is 0.980. The summed E-state index contributed by atoms with van der Waals surface area (Å²) in [7, 11) is 0. The van der Waals surface area contributed by atoms with Crippen molar-refractivity contribution in [3.63, 3.8) is 0 Å². The van der Waals surface area contributed by atoms with Crippen LogP contribution in [0.5, 0.6) is 0 Å². The second kappa shape index (κ2) is 4.05. The number of fused-ring (bicyclic) bond motifs is 1. The highest BCUT2D eigenvalue weighted by molar-refractivity contribution is 5.65. The fourth-order valence-corrected chi connectivity index (χ4v) is 2.29. The molecule has 1 aliphatic heterocycles. The summed E-state index contributed by atoms with van der Waals surface area (Å²) in [5.74, 6) is 1.20. The van der Waals surface area contributed by atoms with Crippen molar-refractivity contribution in [3.05, 3.63) is 42.1 Å². The molecule has 0 atom stereocenters. The molecule has 0 aliphatic carbocycles. The van der Waals surface area contributed by atoms with Crippen molar-refractivity contribution in [1.29, 1.82) is 0 Å². The van der Waals surface area contributed by atoms with E-state index in [0.29, 0.717) is 5.95 Å². The molecule has 4 heteroatoms. The van der Waals surface area contributed by atoms with Crippen LogP contribution in [0.3, 0.4) is 0 Å². The Morgan fingerprint density at radius 2 is 2.06 bits per heavy atom. The van der Waals surface area contributed by atoms with Gasteiger partial charge in [0.2, 0.25) is 5.95 Å². The number of hydrogen-bond donors (Lipinski definition) is 1. The van der Waals surface area contributed by atoms with E-state index in [1.165, 1.54) is 11.3 Å². The zero-order valence-electron chi connectivity index (χ0n) is 9.50. The second-order valence-corrected chi connectivity index (χ2v) is 4.16. The van der Waals surface area contributed by atoms with Crippen LogP contribution in [0.4, 0.5) is 17.5 Å². The Labute approximate surface area is 100 Å². The first-order valence-electron chi connectivity index (χ1n) is 5.78. The molecule has 17 heavy (non-hydrogen) atoms. The summed E-state index contributed by atoms with van der Waals surface area (Å²) in [5.41, 5.74) is 8.24. The molecule has 0 unspecified atom stereocenters. The highest BCUT2D eigenvalue weighted by Crippen LogP contribution is 2.31. The molecule has 1 aliphatic rings. The molecule has 86 valence electrons. The number of nitrogens with two attached hydrogens (primary N) is 1. The lowest BCUT2D eigenvalue weighted by molar-refractivity contribution is 0.759. The zero-order valence-corrected chi connectivity index (χ0v) is 9.50. The summed E-state index contributed by atoms with van der Waals surface area (Å²) in [6.07, 6.45) is 3.98. The maximum Gasteiger partial charge on any atom is 0.221 e. The van der Waals surface area contributed by atoms with Gasteiger partial charge < -0.3 is 10.6 Å². The SMILES string of the molecule is Nc1nccc(N2CCCc3ccccc32)n1. The van der Waals surface area contributed by atoms with Crippen LogP contribution in [0, 0.1) is 0 Å². The van der Waals surface area contributed by atoms with Gasteiger partial charge in [0, 0.05) is 18.4 Å². The van der Waals surface area contributed by atoms with Gasteiger partial charge in [-0.15, -0.1) is 0 Å². The van der Waals surface area contributed by atoms with E-state index in [9.17, 15) is 0 Å². The van der Waals surface area contributed by atoms with Crippen molar-refractivity contribution in [2.45, 2.75) is 12.8 Å². The first-order valence-corrected chi connectivity index (χ1v) is 5.78. The Kier molecular flexibility index (Phi) is 2.40. The van der Waals surface area contributed by atoms with Gasteiger partial charge in [-0.05, 0) is 30.5 Å². The maximum atomic E-state index is 5.64. The highest BCUT2D eigenvalue weighted by Gasteiger charge is 2.18. The molecule has 0 radical (unpaired) electrons. The van der Waals surface area contributed by atoms with Crippen LogP contribution in [0.25, 0.3) is 0 Å². The van der Waals surface area contributed by atoms with E-state index < -0.39 is 0 Å². The van der Waals surface area contributed by atoms with E-state index >= 15 is 0 Å². The zero-order chi connectivity index (χ0) is 11.7.